The largest absolute Gasteiger partial charge is 0.334 e. The van der Waals surface area contributed by atoms with Gasteiger partial charge in [-0.25, -0.2) is 0 Å². The van der Waals surface area contributed by atoms with E-state index in [2.05, 4.69) is 36.1 Å². The van der Waals surface area contributed by atoms with E-state index in [0.717, 1.165) is 23.8 Å². The summed E-state index contributed by atoms with van der Waals surface area (Å²) in [5.74, 6) is 1.64. The van der Waals surface area contributed by atoms with Crippen LogP contribution in [0.15, 0.2) is 53.1 Å². The van der Waals surface area contributed by atoms with Crippen LogP contribution < -0.4 is 0 Å². The molecule has 2 aromatic carbocycles. The van der Waals surface area contributed by atoms with E-state index in [-0.39, 0.29) is 0 Å². The number of hydrogen-bond acceptors (Lipinski definition) is 4. The summed E-state index contributed by atoms with van der Waals surface area (Å²) < 4.78 is 5.32. The number of aromatic nitrogens is 2. The molecule has 3 rings (SSSR count). The van der Waals surface area contributed by atoms with E-state index in [1.165, 1.54) is 5.56 Å². The Labute approximate surface area is 135 Å². The lowest BCUT2D eigenvalue weighted by Crippen LogP contribution is -1.93. The fraction of sp³-hybridized carbons (Fsp3) is 0.211. The Hall–Kier alpha value is -2.75. The normalized spacial score (nSPS) is 10.9. The molecule has 0 N–H and O–H groups in total. The first-order valence-corrected chi connectivity index (χ1v) is 7.64. The quantitative estimate of drug-likeness (QED) is 0.655. The van der Waals surface area contributed by atoms with E-state index < -0.39 is 0 Å². The third-order valence-electron chi connectivity index (χ3n) is 3.58. The molecule has 0 saturated heterocycles. The van der Waals surface area contributed by atoms with Gasteiger partial charge in [0, 0.05) is 16.7 Å². The van der Waals surface area contributed by atoms with Crippen molar-refractivity contribution < 1.29 is 9.32 Å². The van der Waals surface area contributed by atoms with Gasteiger partial charge in [-0.1, -0.05) is 55.4 Å². The summed E-state index contributed by atoms with van der Waals surface area (Å²) in [6, 6.07) is 15.3. The van der Waals surface area contributed by atoms with Gasteiger partial charge >= 0.3 is 0 Å². The average Bonchev–Trinajstić information content (AvgIpc) is 3.05. The van der Waals surface area contributed by atoms with E-state index in [0.29, 0.717) is 23.2 Å². The molecule has 0 amide bonds. The van der Waals surface area contributed by atoms with Gasteiger partial charge < -0.3 is 4.52 Å². The third-order valence-corrected chi connectivity index (χ3v) is 3.58. The van der Waals surface area contributed by atoms with Crippen molar-refractivity contribution in [1.82, 2.24) is 10.1 Å². The molecule has 0 aliphatic heterocycles. The molecule has 0 atom stereocenters. The van der Waals surface area contributed by atoms with Crippen LogP contribution in [0.25, 0.3) is 22.8 Å². The molecule has 1 aromatic heterocycles. The van der Waals surface area contributed by atoms with Crippen LogP contribution in [-0.4, -0.2) is 16.4 Å². The first-order chi connectivity index (χ1) is 11.2. The second-order valence-electron chi connectivity index (χ2n) is 5.96. The zero-order chi connectivity index (χ0) is 16.2. The molecule has 116 valence electrons. The van der Waals surface area contributed by atoms with Crippen LogP contribution in [0.2, 0.25) is 0 Å². The van der Waals surface area contributed by atoms with E-state index in [1.54, 1.807) is 24.3 Å². The van der Waals surface area contributed by atoms with E-state index >= 15 is 0 Å². The zero-order valence-corrected chi connectivity index (χ0v) is 13.2. The van der Waals surface area contributed by atoms with Crippen LogP contribution in [0, 0.1) is 5.92 Å². The Morgan fingerprint density at radius 1 is 1.00 bits per heavy atom. The number of rotatable bonds is 5. The molecule has 23 heavy (non-hydrogen) atoms. The van der Waals surface area contributed by atoms with E-state index in [9.17, 15) is 4.79 Å². The molecule has 0 fully saturated rings. The van der Waals surface area contributed by atoms with E-state index in [4.69, 9.17) is 4.52 Å². The van der Waals surface area contributed by atoms with Crippen molar-refractivity contribution in [2.24, 2.45) is 5.92 Å². The summed E-state index contributed by atoms with van der Waals surface area (Å²) >= 11 is 0. The van der Waals surface area contributed by atoms with Crippen LogP contribution in [0.3, 0.4) is 0 Å². The Bertz CT molecular complexity index is 787. The van der Waals surface area contributed by atoms with Crippen molar-refractivity contribution in [3.05, 3.63) is 59.7 Å². The number of carbonyl (C=O) groups is 1. The second-order valence-corrected chi connectivity index (χ2v) is 5.96. The molecular formula is C19H18N2O2. The summed E-state index contributed by atoms with van der Waals surface area (Å²) in [6.45, 7) is 4.41. The summed E-state index contributed by atoms with van der Waals surface area (Å²) in [4.78, 5) is 15.1. The van der Waals surface area contributed by atoms with Gasteiger partial charge in [-0.15, -0.1) is 0 Å². The molecule has 0 saturated carbocycles. The first-order valence-electron chi connectivity index (χ1n) is 7.64. The predicted octanol–water partition coefficient (Wildman–Crippen LogP) is 4.41. The lowest BCUT2D eigenvalue weighted by molar-refractivity contribution is 0.112. The minimum absolute atomic E-state index is 0.448. The molecule has 0 spiro atoms. The lowest BCUT2D eigenvalue weighted by atomic mass is 10.0. The molecule has 0 aliphatic carbocycles. The molecule has 0 radical (unpaired) electrons. The van der Waals surface area contributed by atoms with Crippen molar-refractivity contribution in [3.8, 4) is 22.8 Å². The second kappa shape index (κ2) is 6.57. The summed E-state index contributed by atoms with van der Waals surface area (Å²) in [5, 5.41) is 4.04. The zero-order valence-electron chi connectivity index (χ0n) is 13.2. The van der Waals surface area contributed by atoms with Crippen LogP contribution in [0.4, 0.5) is 0 Å². The van der Waals surface area contributed by atoms with Crippen LogP contribution in [0.5, 0.6) is 0 Å². The molecule has 0 unspecified atom stereocenters. The van der Waals surface area contributed by atoms with Crippen LogP contribution in [0.1, 0.15) is 29.8 Å². The molecule has 3 aromatic rings. The average molecular weight is 306 g/mol. The van der Waals surface area contributed by atoms with Crippen LogP contribution >= 0.6 is 0 Å². The van der Waals surface area contributed by atoms with Gasteiger partial charge in [-0.05, 0) is 30.0 Å². The topological polar surface area (TPSA) is 56.0 Å². The number of nitrogens with zero attached hydrogens (tertiary/aromatic N) is 2. The highest BCUT2D eigenvalue weighted by molar-refractivity contribution is 5.76. The van der Waals surface area contributed by atoms with Gasteiger partial charge in [0.15, 0.2) is 0 Å². The fourth-order valence-corrected chi connectivity index (χ4v) is 2.42. The number of benzene rings is 2. The molecule has 4 nitrogen and oxygen atoms in total. The maximum absolute atomic E-state index is 10.7. The monoisotopic (exact) mass is 306 g/mol. The molecule has 4 heteroatoms. The molecule has 1 heterocycles. The predicted molar refractivity (Wildman–Crippen MR) is 89.1 cm³/mol. The van der Waals surface area contributed by atoms with Crippen molar-refractivity contribution in [1.29, 1.82) is 0 Å². The van der Waals surface area contributed by atoms with E-state index in [1.807, 2.05) is 12.1 Å². The summed E-state index contributed by atoms with van der Waals surface area (Å²) in [7, 11) is 0. The highest BCUT2D eigenvalue weighted by Crippen LogP contribution is 2.23. The fourth-order valence-electron chi connectivity index (χ4n) is 2.42. The smallest absolute Gasteiger partial charge is 0.258 e. The number of aldehydes is 1. The standard InChI is InChI=1S/C19H18N2O2/c1-13(2)11-14-3-7-16(8-4-14)18-20-19(23-21-18)17-9-5-15(12-22)6-10-17/h3-10,12-13H,11H2,1-2H3. The minimum Gasteiger partial charge on any atom is -0.334 e. The minimum atomic E-state index is 0.448. The summed E-state index contributed by atoms with van der Waals surface area (Å²) in [5.41, 5.74) is 3.65. The Kier molecular flexibility index (Phi) is 4.33. The maximum atomic E-state index is 10.7. The Balaban J connectivity index is 1.81. The lowest BCUT2D eigenvalue weighted by Gasteiger charge is -2.04. The van der Waals surface area contributed by atoms with Gasteiger partial charge in [0.05, 0.1) is 0 Å². The molecular weight excluding hydrogens is 288 g/mol. The van der Waals surface area contributed by atoms with Gasteiger partial charge in [-0.3, -0.25) is 4.79 Å². The van der Waals surface area contributed by atoms with Crippen molar-refractivity contribution >= 4 is 6.29 Å². The van der Waals surface area contributed by atoms with Gasteiger partial charge in [0.25, 0.3) is 5.89 Å². The highest BCUT2D eigenvalue weighted by atomic mass is 16.5. The number of hydrogen-bond donors (Lipinski definition) is 0. The van der Waals surface area contributed by atoms with Crippen LogP contribution in [-0.2, 0) is 6.42 Å². The summed E-state index contributed by atoms with van der Waals surface area (Å²) in [6.07, 6.45) is 1.86. The Morgan fingerprint density at radius 3 is 2.26 bits per heavy atom. The van der Waals surface area contributed by atoms with Crippen molar-refractivity contribution in [2.45, 2.75) is 20.3 Å². The third kappa shape index (κ3) is 3.54. The van der Waals surface area contributed by atoms with Crippen molar-refractivity contribution in [2.75, 3.05) is 0 Å². The van der Waals surface area contributed by atoms with Gasteiger partial charge in [0.1, 0.15) is 6.29 Å². The van der Waals surface area contributed by atoms with Gasteiger partial charge in [0.2, 0.25) is 5.82 Å². The molecule has 0 aliphatic rings. The van der Waals surface area contributed by atoms with Gasteiger partial charge in [-0.2, -0.15) is 4.98 Å². The molecule has 0 bridgehead atoms. The Morgan fingerprint density at radius 2 is 1.65 bits per heavy atom. The SMILES string of the molecule is CC(C)Cc1ccc(-c2noc(-c3ccc(C=O)cc3)n2)cc1. The first kappa shape index (κ1) is 15.2. The maximum Gasteiger partial charge on any atom is 0.258 e. The highest BCUT2D eigenvalue weighted by Gasteiger charge is 2.10. The number of carbonyl (C=O) groups excluding carboxylic acids is 1. The van der Waals surface area contributed by atoms with Crippen molar-refractivity contribution in [3.63, 3.8) is 0 Å².